The molecule has 88 valence electrons. The number of methoxy groups -OCH3 is 1. The Kier molecular flexibility index (Phi) is 4.28. The van der Waals surface area contributed by atoms with Crippen LogP contribution in [0.2, 0.25) is 0 Å². The molecule has 0 amide bonds. The first kappa shape index (κ1) is 12.5. The third kappa shape index (κ3) is 2.95. The van der Waals surface area contributed by atoms with Gasteiger partial charge in [-0.3, -0.25) is 4.79 Å². The lowest BCUT2D eigenvalue weighted by Gasteiger charge is -2.14. The Morgan fingerprint density at radius 3 is 2.75 bits per heavy atom. The molecule has 1 atom stereocenters. The molecule has 0 radical (unpaired) electrons. The molecule has 0 unspecified atom stereocenters. The molecule has 0 spiro atoms. The molecule has 0 saturated carbocycles. The van der Waals surface area contributed by atoms with E-state index in [4.69, 9.17) is 9.84 Å². The van der Waals surface area contributed by atoms with Crippen molar-refractivity contribution in [1.82, 2.24) is 0 Å². The Bertz CT molecular complexity index is 377. The van der Waals surface area contributed by atoms with E-state index in [0.29, 0.717) is 6.42 Å². The van der Waals surface area contributed by atoms with Gasteiger partial charge in [-0.1, -0.05) is 13.0 Å². The maximum Gasteiger partial charge on any atom is 0.303 e. The fourth-order valence-corrected chi connectivity index (χ4v) is 1.64. The predicted octanol–water partition coefficient (Wildman–Crippen LogP) is 2.80. The summed E-state index contributed by atoms with van der Waals surface area (Å²) in [4.78, 5) is 10.7. The summed E-state index contributed by atoms with van der Waals surface area (Å²) in [7, 11) is 1.39. The van der Waals surface area contributed by atoms with Crippen molar-refractivity contribution in [2.75, 3.05) is 7.11 Å². The highest BCUT2D eigenvalue weighted by Crippen LogP contribution is 2.28. The lowest BCUT2D eigenvalue weighted by Crippen LogP contribution is -2.06. The van der Waals surface area contributed by atoms with Crippen LogP contribution in [0.4, 0.5) is 4.39 Å². The molecule has 0 heterocycles. The molecule has 0 bridgehead atoms. The summed E-state index contributed by atoms with van der Waals surface area (Å²) in [5.41, 5.74) is 0.795. The lowest BCUT2D eigenvalue weighted by atomic mass is 9.93. The second-order valence-electron chi connectivity index (χ2n) is 3.60. The molecule has 1 aromatic carbocycles. The van der Waals surface area contributed by atoms with Crippen LogP contribution in [0.25, 0.3) is 0 Å². The highest BCUT2D eigenvalue weighted by Gasteiger charge is 2.15. The molecule has 0 aliphatic rings. The van der Waals surface area contributed by atoms with E-state index >= 15 is 0 Å². The Morgan fingerprint density at radius 1 is 1.56 bits per heavy atom. The molecular formula is C12H15FO3. The summed E-state index contributed by atoms with van der Waals surface area (Å²) in [5.74, 6) is -1.24. The van der Waals surface area contributed by atoms with E-state index in [2.05, 4.69) is 0 Å². The number of hydrogen-bond acceptors (Lipinski definition) is 2. The van der Waals surface area contributed by atoms with Gasteiger partial charge in [-0.15, -0.1) is 0 Å². The van der Waals surface area contributed by atoms with Crippen molar-refractivity contribution >= 4 is 5.97 Å². The van der Waals surface area contributed by atoms with E-state index in [1.54, 1.807) is 12.1 Å². The van der Waals surface area contributed by atoms with E-state index in [1.807, 2.05) is 6.92 Å². The second kappa shape index (κ2) is 5.49. The van der Waals surface area contributed by atoms with Gasteiger partial charge < -0.3 is 9.84 Å². The smallest absolute Gasteiger partial charge is 0.303 e. The fourth-order valence-electron chi connectivity index (χ4n) is 1.64. The van der Waals surface area contributed by atoms with Crippen LogP contribution in [0.15, 0.2) is 18.2 Å². The van der Waals surface area contributed by atoms with Crippen molar-refractivity contribution in [2.24, 2.45) is 0 Å². The van der Waals surface area contributed by atoms with Gasteiger partial charge >= 0.3 is 5.97 Å². The molecular weight excluding hydrogens is 211 g/mol. The summed E-state index contributed by atoms with van der Waals surface area (Å²) < 4.78 is 18.0. The molecule has 0 aliphatic heterocycles. The third-order valence-electron chi connectivity index (χ3n) is 2.56. The normalized spacial score (nSPS) is 12.2. The summed E-state index contributed by atoms with van der Waals surface area (Å²) in [6, 6.07) is 4.47. The summed E-state index contributed by atoms with van der Waals surface area (Å²) in [5, 5.41) is 8.75. The van der Waals surface area contributed by atoms with Crippen LogP contribution in [-0.2, 0) is 4.79 Å². The first-order valence-corrected chi connectivity index (χ1v) is 5.13. The van der Waals surface area contributed by atoms with Crippen molar-refractivity contribution in [1.29, 1.82) is 0 Å². The van der Waals surface area contributed by atoms with E-state index < -0.39 is 11.8 Å². The van der Waals surface area contributed by atoms with Crippen molar-refractivity contribution < 1.29 is 19.0 Å². The van der Waals surface area contributed by atoms with E-state index in [9.17, 15) is 9.18 Å². The predicted molar refractivity (Wildman–Crippen MR) is 58.2 cm³/mol. The van der Waals surface area contributed by atoms with Crippen molar-refractivity contribution in [2.45, 2.75) is 25.7 Å². The number of aliphatic carboxylic acids is 1. The average molecular weight is 226 g/mol. The van der Waals surface area contributed by atoms with Gasteiger partial charge in [-0.2, -0.15) is 0 Å². The number of carboxylic acid groups (broad SMARTS) is 1. The standard InChI is InChI=1S/C12H15FO3/c1-3-8(7-12(14)15)9-4-5-10(13)11(6-9)16-2/h4-6,8H,3,7H2,1-2H3,(H,14,15)/t8-/m1/s1. The molecule has 16 heavy (non-hydrogen) atoms. The molecule has 0 aromatic heterocycles. The molecule has 0 aliphatic carbocycles. The topological polar surface area (TPSA) is 46.5 Å². The van der Waals surface area contributed by atoms with Crippen molar-refractivity contribution in [3.63, 3.8) is 0 Å². The second-order valence-corrected chi connectivity index (χ2v) is 3.60. The Labute approximate surface area is 93.9 Å². The van der Waals surface area contributed by atoms with Crippen LogP contribution >= 0.6 is 0 Å². The minimum absolute atomic E-state index is 0.0469. The summed E-state index contributed by atoms with van der Waals surface area (Å²) in [6.45, 7) is 1.91. The highest BCUT2D eigenvalue weighted by molar-refractivity contribution is 5.68. The van der Waals surface area contributed by atoms with Gasteiger partial charge in [0.1, 0.15) is 0 Å². The van der Waals surface area contributed by atoms with Crippen LogP contribution in [0, 0.1) is 5.82 Å². The molecule has 0 saturated heterocycles. The number of carboxylic acids is 1. The Hall–Kier alpha value is -1.58. The van der Waals surface area contributed by atoms with Crippen LogP contribution < -0.4 is 4.74 Å². The monoisotopic (exact) mass is 226 g/mol. The van der Waals surface area contributed by atoms with Gasteiger partial charge in [0.25, 0.3) is 0 Å². The zero-order chi connectivity index (χ0) is 12.1. The number of hydrogen-bond donors (Lipinski definition) is 1. The largest absolute Gasteiger partial charge is 0.494 e. The van der Waals surface area contributed by atoms with Crippen molar-refractivity contribution in [3.8, 4) is 5.75 Å². The van der Waals surface area contributed by atoms with Crippen LogP contribution in [0.5, 0.6) is 5.75 Å². The van der Waals surface area contributed by atoms with Gasteiger partial charge in [0, 0.05) is 0 Å². The highest BCUT2D eigenvalue weighted by atomic mass is 19.1. The quantitative estimate of drug-likeness (QED) is 0.839. The van der Waals surface area contributed by atoms with Gasteiger partial charge in [0.2, 0.25) is 0 Å². The van der Waals surface area contributed by atoms with E-state index in [-0.39, 0.29) is 18.1 Å². The minimum Gasteiger partial charge on any atom is -0.494 e. The lowest BCUT2D eigenvalue weighted by molar-refractivity contribution is -0.137. The summed E-state index contributed by atoms with van der Waals surface area (Å²) in [6.07, 6.45) is 0.742. The van der Waals surface area contributed by atoms with Gasteiger partial charge in [0.15, 0.2) is 11.6 Å². The molecule has 3 nitrogen and oxygen atoms in total. The molecule has 0 fully saturated rings. The van der Waals surface area contributed by atoms with Gasteiger partial charge in [-0.25, -0.2) is 4.39 Å². The maximum atomic E-state index is 13.2. The van der Waals surface area contributed by atoms with Crippen LogP contribution in [0.1, 0.15) is 31.2 Å². The first-order chi connectivity index (χ1) is 7.58. The number of halogens is 1. The third-order valence-corrected chi connectivity index (χ3v) is 2.56. The Balaban J connectivity index is 2.96. The SMILES string of the molecule is CC[C@H](CC(=O)O)c1ccc(F)c(OC)c1. The molecule has 1 aromatic rings. The van der Waals surface area contributed by atoms with E-state index in [1.165, 1.54) is 13.2 Å². The van der Waals surface area contributed by atoms with Crippen molar-refractivity contribution in [3.05, 3.63) is 29.6 Å². The zero-order valence-electron chi connectivity index (χ0n) is 9.37. The van der Waals surface area contributed by atoms with Gasteiger partial charge in [0.05, 0.1) is 13.5 Å². The number of ether oxygens (including phenoxy) is 1. The minimum atomic E-state index is -0.852. The number of benzene rings is 1. The molecule has 1 rings (SSSR count). The fraction of sp³-hybridized carbons (Fsp3) is 0.417. The molecule has 1 N–H and O–H groups in total. The summed E-state index contributed by atoms with van der Waals surface area (Å²) >= 11 is 0. The maximum absolute atomic E-state index is 13.2. The van der Waals surface area contributed by atoms with Crippen LogP contribution in [0.3, 0.4) is 0 Å². The average Bonchev–Trinajstić information content (AvgIpc) is 2.26. The molecule has 4 heteroatoms. The zero-order valence-corrected chi connectivity index (χ0v) is 9.37. The Morgan fingerprint density at radius 2 is 2.25 bits per heavy atom. The number of rotatable bonds is 5. The van der Waals surface area contributed by atoms with Gasteiger partial charge in [-0.05, 0) is 30.0 Å². The van der Waals surface area contributed by atoms with Crippen LogP contribution in [-0.4, -0.2) is 18.2 Å². The van der Waals surface area contributed by atoms with E-state index in [0.717, 1.165) is 5.56 Å². The number of carbonyl (C=O) groups is 1. The first-order valence-electron chi connectivity index (χ1n) is 5.13.